The number of benzene rings is 1. The molecule has 0 saturated carbocycles. The zero-order chi connectivity index (χ0) is 12.1. The van der Waals surface area contributed by atoms with Crippen LogP contribution in [-0.4, -0.2) is 37.1 Å². The highest BCUT2D eigenvalue weighted by Crippen LogP contribution is 2.11. The van der Waals surface area contributed by atoms with Crippen LogP contribution in [0.15, 0.2) is 24.3 Å². The monoisotopic (exact) mass is 232 g/mol. The summed E-state index contributed by atoms with van der Waals surface area (Å²) in [7, 11) is 0. The highest BCUT2D eigenvalue weighted by atomic mass is 15.2. The van der Waals surface area contributed by atoms with Gasteiger partial charge in [0.25, 0.3) is 0 Å². The van der Waals surface area contributed by atoms with Gasteiger partial charge in [0.05, 0.1) is 0 Å². The van der Waals surface area contributed by atoms with Gasteiger partial charge < -0.3 is 5.32 Å². The first-order valence-electron chi connectivity index (χ1n) is 6.82. The molecule has 1 aromatic rings. The van der Waals surface area contributed by atoms with Crippen molar-refractivity contribution in [3.8, 4) is 0 Å². The van der Waals surface area contributed by atoms with E-state index in [-0.39, 0.29) is 0 Å². The molecule has 17 heavy (non-hydrogen) atoms. The Morgan fingerprint density at radius 2 is 1.71 bits per heavy atom. The third kappa shape index (κ3) is 3.55. The van der Waals surface area contributed by atoms with E-state index in [0.717, 1.165) is 19.5 Å². The summed E-state index contributed by atoms with van der Waals surface area (Å²) in [4.78, 5) is 2.59. The van der Waals surface area contributed by atoms with Crippen LogP contribution in [0.5, 0.6) is 0 Å². The molecule has 1 atom stereocenters. The van der Waals surface area contributed by atoms with Crippen molar-refractivity contribution >= 4 is 0 Å². The number of hydrogen-bond donors (Lipinski definition) is 1. The number of nitrogens with zero attached hydrogens (tertiary/aromatic N) is 1. The van der Waals surface area contributed by atoms with Crippen LogP contribution in [0.2, 0.25) is 0 Å². The molecule has 1 N–H and O–H groups in total. The minimum absolute atomic E-state index is 0.657. The van der Waals surface area contributed by atoms with Crippen LogP contribution in [-0.2, 0) is 12.8 Å². The lowest BCUT2D eigenvalue weighted by Crippen LogP contribution is -2.48. The molecule has 94 valence electrons. The molecule has 1 saturated heterocycles. The number of nitrogens with one attached hydrogen (secondary N) is 1. The summed E-state index contributed by atoms with van der Waals surface area (Å²) >= 11 is 0. The summed E-state index contributed by atoms with van der Waals surface area (Å²) in [5.74, 6) is 0. The molecule has 1 unspecified atom stereocenters. The van der Waals surface area contributed by atoms with Crippen molar-refractivity contribution in [1.82, 2.24) is 10.2 Å². The highest BCUT2D eigenvalue weighted by Gasteiger charge is 2.16. The SMILES string of the molecule is CCc1ccc(CC(C)N2CCNCC2)cc1. The summed E-state index contributed by atoms with van der Waals surface area (Å²) in [5.41, 5.74) is 2.90. The van der Waals surface area contributed by atoms with Crippen molar-refractivity contribution in [2.24, 2.45) is 0 Å². The maximum Gasteiger partial charge on any atom is 0.0110 e. The lowest BCUT2D eigenvalue weighted by atomic mass is 10.0. The molecule has 0 spiro atoms. The Labute approximate surface area is 105 Å². The predicted molar refractivity (Wildman–Crippen MR) is 73.4 cm³/mol. The lowest BCUT2D eigenvalue weighted by Gasteiger charge is -2.32. The topological polar surface area (TPSA) is 15.3 Å². The number of rotatable bonds is 4. The molecular formula is C15H24N2. The molecule has 0 aliphatic carbocycles. The van der Waals surface area contributed by atoms with E-state index < -0.39 is 0 Å². The Kier molecular flexibility index (Phi) is 4.57. The quantitative estimate of drug-likeness (QED) is 0.855. The van der Waals surface area contributed by atoms with Gasteiger partial charge >= 0.3 is 0 Å². The number of hydrogen-bond acceptors (Lipinski definition) is 2. The van der Waals surface area contributed by atoms with Crippen LogP contribution in [0, 0.1) is 0 Å². The van der Waals surface area contributed by atoms with Crippen molar-refractivity contribution in [2.75, 3.05) is 26.2 Å². The fourth-order valence-electron chi connectivity index (χ4n) is 2.50. The van der Waals surface area contributed by atoms with Crippen molar-refractivity contribution in [1.29, 1.82) is 0 Å². The molecule has 2 rings (SSSR count). The van der Waals surface area contributed by atoms with Crippen molar-refractivity contribution in [3.05, 3.63) is 35.4 Å². The number of aryl methyl sites for hydroxylation is 1. The minimum atomic E-state index is 0.657. The fraction of sp³-hybridized carbons (Fsp3) is 0.600. The third-order valence-corrected chi connectivity index (χ3v) is 3.74. The second-order valence-electron chi connectivity index (χ2n) is 5.01. The molecule has 1 fully saturated rings. The van der Waals surface area contributed by atoms with Crippen molar-refractivity contribution < 1.29 is 0 Å². The maximum absolute atomic E-state index is 3.41. The molecule has 1 aliphatic heterocycles. The van der Waals surface area contributed by atoms with Gasteiger partial charge in [-0.3, -0.25) is 4.90 Å². The summed E-state index contributed by atoms with van der Waals surface area (Å²) in [6.45, 7) is 9.21. The molecule has 0 radical (unpaired) electrons. The van der Waals surface area contributed by atoms with E-state index >= 15 is 0 Å². The number of piperazine rings is 1. The summed E-state index contributed by atoms with van der Waals surface area (Å²) in [6.07, 6.45) is 2.30. The second-order valence-corrected chi connectivity index (χ2v) is 5.01. The second kappa shape index (κ2) is 6.18. The summed E-state index contributed by atoms with van der Waals surface area (Å²) in [5, 5.41) is 3.41. The first-order chi connectivity index (χ1) is 8.29. The van der Waals surface area contributed by atoms with Crippen LogP contribution in [0.3, 0.4) is 0 Å². The average molecular weight is 232 g/mol. The average Bonchev–Trinajstić information content (AvgIpc) is 2.40. The van der Waals surface area contributed by atoms with Crippen molar-refractivity contribution in [2.45, 2.75) is 32.7 Å². The zero-order valence-electron chi connectivity index (χ0n) is 11.1. The van der Waals surface area contributed by atoms with Gasteiger partial charge in [0.2, 0.25) is 0 Å². The Morgan fingerprint density at radius 1 is 1.12 bits per heavy atom. The highest BCUT2D eigenvalue weighted by molar-refractivity contribution is 5.23. The Morgan fingerprint density at radius 3 is 2.29 bits per heavy atom. The smallest absolute Gasteiger partial charge is 0.0110 e. The van der Waals surface area contributed by atoms with Crippen LogP contribution in [0.25, 0.3) is 0 Å². The molecule has 1 heterocycles. The van der Waals surface area contributed by atoms with Gasteiger partial charge in [0.1, 0.15) is 0 Å². The molecule has 1 aliphatic rings. The minimum Gasteiger partial charge on any atom is -0.314 e. The van der Waals surface area contributed by atoms with E-state index in [1.807, 2.05) is 0 Å². The molecule has 1 aromatic carbocycles. The van der Waals surface area contributed by atoms with Crippen LogP contribution < -0.4 is 5.32 Å². The molecule has 0 aromatic heterocycles. The maximum atomic E-state index is 3.41. The Balaban J connectivity index is 1.89. The van der Waals surface area contributed by atoms with Crippen LogP contribution in [0.4, 0.5) is 0 Å². The van der Waals surface area contributed by atoms with Gasteiger partial charge in [-0.1, -0.05) is 31.2 Å². The predicted octanol–water partition coefficient (Wildman–Crippen LogP) is 2.09. The summed E-state index contributed by atoms with van der Waals surface area (Å²) < 4.78 is 0. The molecule has 0 amide bonds. The standard InChI is InChI=1S/C15H24N2/c1-3-14-4-6-15(7-5-14)12-13(2)17-10-8-16-9-11-17/h4-7,13,16H,3,8-12H2,1-2H3. The van der Waals surface area contributed by atoms with E-state index in [4.69, 9.17) is 0 Å². The largest absolute Gasteiger partial charge is 0.314 e. The Bertz CT molecular complexity index is 325. The third-order valence-electron chi connectivity index (χ3n) is 3.74. The van der Waals surface area contributed by atoms with Gasteiger partial charge in [0, 0.05) is 32.2 Å². The van der Waals surface area contributed by atoms with Gasteiger partial charge in [-0.05, 0) is 30.9 Å². The molecule has 2 nitrogen and oxygen atoms in total. The van der Waals surface area contributed by atoms with E-state index in [0.29, 0.717) is 6.04 Å². The van der Waals surface area contributed by atoms with E-state index in [9.17, 15) is 0 Å². The molecule has 0 bridgehead atoms. The zero-order valence-corrected chi connectivity index (χ0v) is 11.1. The van der Waals surface area contributed by atoms with Crippen molar-refractivity contribution in [3.63, 3.8) is 0 Å². The first kappa shape index (κ1) is 12.6. The normalized spacial score (nSPS) is 19.2. The fourth-order valence-corrected chi connectivity index (χ4v) is 2.50. The Hall–Kier alpha value is -0.860. The lowest BCUT2D eigenvalue weighted by molar-refractivity contribution is 0.183. The molecule has 2 heteroatoms. The molecular weight excluding hydrogens is 208 g/mol. The first-order valence-corrected chi connectivity index (χ1v) is 6.82. The van der Waals surface area contributed by atoms with Gasteiger partial charge in [-0.25, -0.2) is 0 Å². The van der Waals surface area contributed by atoms with Crippen LogP contribution in [0.1, 0.15) is 25.0 Å². The van der Waals surface area contributed by atoms with E-state index in [1.54, 1.807) is 0 Å². The van der Waals surface area contributed by atoms with E-state index in [2.05, 4.69) is 48.3 Å². The van der Waals surface area contributed by atoms with E-state index in [1.165, 1.54) is 30.6 Å². The van der Waals surface area contributed by atoms with Gasteiger partial charge in [-0.2, -0.15) is 0 Å². The van der Waals surface area contributed by atoms with Gasteiger partial charge in [0.15, 0.2) is 0 Å². The summed E-state index contributed by atoms with van der Waals surface area (Å²) in [6, 6.07) is 9.76. The van der Waals surface area contributed by atoms with Gasteiger partial charge in [-0.15, -0.1) is 0 Å². The van der Waals surface area contributed by atoms with Crippen LogP contribution >= 0.6 is 0 Å².